The standard InChI is InChI=1S/C15H19N3O3/c1-20-11-14-9-17(7-8-18(14)12-16)15(19)21-10-13-5-3-2-4-6-13/h2-6,14H,7-11H2,1H3. The van der Waals surface area contributed by atoms with Gasteiger partial charge in [-0.1, -0.05) is 30.3 Å². The maximum Gasteiger partial charge on any atom is 0.410 e. The highest BCUT2D eigenvalue weighted by molar-refractivity contribution is 5.67. The molecule has 1 atom stereocenters. The molecular formula is C15H19N3O3. The summed E-state index contributed by atoms with van der Waals surface area (Å²) < 4.78 is 10.4. The number of hydrogen-bond acceptors (Lipinski definition) is 5. The first kappa shape index (κ1) is 15.1. The Kier molecular flexibility index (Phi) is 5.41. The molecule has 1 aromatic rings. The highest BCUT2D eigenvalue weighted by Gasteiger charge is 2.29. The van der Waals surface area contributed by atoms with Crippen LogP contribution in [-0.4, -0.2) is 55.3 Å². The van der Waals surface area contributed by atoms with Crippen LogP contribution in [0.15, 0.2) is 30.3 Å². The molecule has 2 rings (SSSR count). The highest BCUT2D eigenvalue weighted by Crippen LogP contribution is 2.11. The van der Waals surface area contributed by atoms with E-state index in [9.17, 15) is 4.79 Å². The van der Waals surface area contributed by atoms with Crippen molar-refractivity contribution in [1.82, 2.24) is 9.80 Å². The molecule has 1 amide bonds. The molecule has 0 aromatic heterocycles. The molecule has 1 unspecified atom stereocenters. The quantitative estimate of drug-likeness (QED) is 0.785. The van der Waals surface area contributed by atoms with E-state index < -0.39 is 0 Å². The lowest BCUT2D eigenvalue weighted by Gasteiger charge is -2.37. The third kappa shape index (κ3) is 4.10. The Morgan fingerprint density at radius 1 is 1.38 bits per heavy atom. The van der Waals surface area contributed by atoms with E-state index in [1.54, 1.807) is 16.9 Å². The van der Waals surface area contributed by atoms with Crippen LogP contribution in [0.4, 0.5) is 4.79 Å². The number of carbonyl (C=O) groups excluding carboxylic acids is 1. The van der Waals surface area contributed by atoms with E-state index in [1.165, 1.54) is 0 Å². The molecule has 1 aliphatic rings. The second-order valence-electron chi connectivity index (χ2n) is 4.89. The molecule has 0 spiro atoms. The number of methoxy groups -OCH3 is 1. The topological polar surface area (TPSA) is 65.8 Å². The van der Waals surface area contributed by atoms with E-state index in [2.05, 4.69) is 6.19 Å². The van der Waals surface area contributed by atoms with Crippen molar-refractivity contribution in [1.29, 1.82) is 5.26 Å². The van der Waals surface area contributed by atoms with E-state index in [-0.39, 0.29) is 18.7 Å². The molecule has 1 aromatic carbocycles. The molecule has 6 heteroatoms. The molecule has 112 valence electrons. The van der Waals surface area contributed by atoms with E-state index in [4.69, 9.17) is 14.7 Å². The maximum absolute atomic E-state index is 12.1. The summed E-state index contributed by atoms with van der Waals surface area (Å²) >= 11 is 0. The lowest BCUT2D eigenvalue weighted by molar-refractivity contribution is 0.0396. The zero-order chi connectivity index (χ0) is 15.1. The molecule has 0 N–H and O–H groups in total. The van der Waals surface area contributed by atoms with Gasteiger partial charge >= 0.3 is 6.09 Å². The second-order valence-corrected chi connectivity index (χ2v) is 4.89. The fraction of sp³-hybridized carbons (Fsp3) is 0.467. The van der Waals surface area contributed by atoms with Crippen LogP contribution in [-0.2, 0) is 16.1 Å². The zero-order valence-electron chi connectivity index (χ0n) is 12.1. The van der Waals surface area contributed by atoms with E-state index in [0.29, 0.717) is 26.2 Å². The first-order chi connectivity index (χ1) is 10.2. The molecule has 1 saturated heterocycles. The number of amides is 1. The number of nitrogens with zero attached hydrogens (tertiary/aromatic N) is 3. The smallest absolute Gasteiger partial charge is 0.410 e. The Morgan fingerprint density at radius 3 is 2.81 bits per heavy atom. The number of rotatable bonds is 4. The minimum absolute atomic E-state index is 0.113. The van der Waals surface area contributed by atoms with Crippen molar-refractivity contribution in [2.45, 2.75) is 12.6 Å². The van der Waals surface area contributed by atoms with Gasteiger partial charge in [-0.2, -0.15) is 5.26 Å². The van der Waals surface area contributed by atoms with Gasteiger partial charge in [0.1, 0.15) is 6.61 Å². The molecule has 1 aliphatic heterocycles. The monoisotopic (exact) mass is 289 g/mol. The number of benzene rings is 1. The van der Waals surface area contributed by atoms with Crippen LogP contribution in [0.2, 0.25) is 0 Å². The summed E-state index contributed by atoms with van der Waals surface area (Å²) in [6, 6.07) is 9.44. The third-order valence-electron chi connectivity index (χ3n) is 3.43. The summed E-state index contributed by atoms with van der Waals surface area (Å²) in [4.78, 5) is 15.3. The normalized spacial score (nSPS) is 18.2. The van der Waals surface area contributed by atoms with Crippen molar-refractivity contribution in [3.05, 3.63) is 35.9 Å². The SMILES string of the molecule is COCC1CN(C(=O)OCc2ccccc2)CCN1C#N. The molecule has 0 saturated carbocycles. The molecule has 1 fully saturated rings. The van der Waals surface area contributed by atoms with Crippen molar-refractivity contribution >= 4 is 6.09 Å². The first-order valence-electron chi connectivity index (χ1n) is 6.85. The Balaban J connectivity index is 1.86. The number of piperazine rings is 1. The first-order valence-corrected chi connectivity index (χ1v) is 6.85. The van der Waals surface area contributed by atoms with Crippen molar-refractivity contribution in [3.63, 3.8) is 0 Å². The van der Waals surface area contributed by atoms with Crippen LogP contribution in [0.3, 0.4) is 0 Å². The van der Waals surface area contributed by atoms with Gasteiger partial charge in [0.25, 0.3) is 0 Å². The summed E-state index contributed by atoms with van der Waals surface area (Å²) in [5.74, 6) is 0. The minimum Gasteiger partial charge on any atom is -0.445 e. The van der Waals surface area contributed by atoms with Gasteiger partial charge in [0, 0.05) is 26.7 Å². The summed E-state index contributed by atoms with van der Waals surface area (Å²) in [7, 11) is 1.59. The molecule has 0 aliphatic carbocycles. The number of carbonyl (C=O) groups is 1. The zero-order valence-corrected chi connectivity index (χ0v) is 12.1. The molecule has 21 heavy (non-hydrogen) atoms. The van der Waals surface area contributed by atoms with Crippen LogP contribution in [0.25, 0.3) is 0 Å². The fourth-order valence-electron chi connectivity index (χ4n) is 2.30. The lowest BCUT2D eigenvalue weighted by Crippen LogP contribution is -2.54. The highest BCUT2D eigenvalue weighted by atomic mass is 16.6. The van der Waals surface area contributed by atoms with Crippen molar-refractivity contribution in [2.75, 3.05) is 33.4 Å². The Bertz CT molecular complexity index is 501. The van der Waals surface area contributed by atoms with Crippen LogP contribution in [0.5, 0.6) is 0 Å². The molecular weight excluding hydrogens is 270 g/mol. The Hall–Kier alpha value is -2.26. The van der Waals surface area contributed by atoms with Crippen molar-refractivity contribution in [2.24, 2.45) is 0 Å². The summed E-state index contributed by atoms with van der Waals surface area (Å²) in [6.07, 6.45) is 1.78. The van der Waals surface area contributed by atoms with E-state index in [0.717, 1.165) is 5.56 Å². The number of hydrogen-bond donors (Lipinski definition) is 0. The largest absolute Gasteiger partial charge is 0.445 e. The maximum atomic E-state index is 12.1. The summed E-state index contributed by atoms with van der Waals surface area (Å²) in [5, 5.41) is 9.05. The molecule has 0 radical (unpaired) electrons. The average Bonchev–Trinajstić information content (AvgIpc) is 2.54. The second kappa shape index (κ2) is 7.50. The summed E-state index contributed by atoms with van der Waals surface area (Å²) in [6.45, 7) is 2.10. The van der Waals surface area contributed by atoms with Gasteiger partial charge in [0.15, 0.2) is 6.19 Å². The van der Waals surface area contributed by atoms with Crippen molar-refractivity contribution < 1.29 is 14.3 Å². The van der Waals surface area contributed by atoms with Gasteiger partial charge in [0.05, 0.1) is 12.6 Å². The van der Waals surface area contributed by atoms with E-state index in [1.807, 2.05) is 30.3 Å². The van der Waals surface area contributed by atoms with Crippen molar-refractivity contribution in [3.8, 4) is 6.19 Å². The van der Waals surface area contributed by atoms with Gasteiger partial charge < -0.3 is 19.3 Å². The van der Waals surface area contributed by atoms with Gasteiger partial charge in [-0.05, 0) is 5.56 Å². The van der Waals surface area contributed by atoms with Crippen LogP contribution in [0, 0.1) is 11.5 Å². The van der Waals surface area contributed by atoms with Gasteiger partial charge in [-0.25, -0.2) is 4.79 Å². The molecule has 0 bridgehead atoms. The number of ether oxygens (including phenoxy) is 2. The summed E-state index contributed by atoms with van der Waals surface area (Å²) in [5.41, 5.74) is 0.954. The van der Waals surface area contributed by atoms with Gasteiger partial charge in [-0.15, -0.1) is 0 Å². The van der Waals surface area contributed by atoms with E-state index >= 15 is 0 Å². The van der Waals surface area contributed by atoms with Crippen LogP contribution >= 0.6 is 0 Å². The van der Waals surface area contributed by atoms with Gasteiger partial charge in [-0.3, -0.25) is 0 Å². The third-order valence-corrected chi connectivity index (χ3v) is 3.43. The fourth-order valence-corrected chi connectivity index (χ4v) is 2.30. The van der Waals surface area contributed by atoms with Crippen LogP contribution in [0.1, 0.15) is 5.56 Å². The van der Waals surface area contributed by atoms with Crippen LogP contribution < -0.4 is 0 Å². The number of nitriles is 1. The predicted octanol–water partition coefficient (Wildman–Crippen LogP) is 1.44. The minimum atomic E-state index is -0.349. The van der Waals surface area contributed by atoms with Gasteiger partial charge in [0.2, 0.25) is 0 Å². The lowest BCUT2D eigenvalue weighted by atomic mass is 10.2. The average molecular weight is 289 g/mol. The Morgan fingerprint density at radius 2 is 2.14 bits per heavy atom. The molecule has 1 heterocycles. The molecule has 6 nitrogen and oxygen atoms in total. The predicted molar refractivity (Wildman–Crippen MR) is 76.2 cm³/mol. The Labute approximate surface area is 124 Å².